The number of nitrogens with one attached hydrogen (secondary N) is 2. The monoisotopic (exact) mass is 425 g/mol. The second-order valence-corrected chi connectivity index (χ2v) is 8.69. The first kappa shape index (κ1) is 20.5. The lowest BCUT2D eigenvalue weighted by Gasteiger charge is -2.39. The molecule has 0 saturated carbocycles. The van der Waals surface area contributed by atoms with Gasteiger partial charge in [0.1, 0.15) is 0 Å². The molecule has 5 rings (SSSR count). The summed E-state index contributed by atoms with van der Waals surface area (Å²) in [5.41, 5.74) is 3.67. The molecule has 0 aliphatic carbocycles. The summed E-state index contributed by atoms with van der Waals surface area (Å²) in [6, 6.07) is 27.8. The Balaban J connectivity index is 1.20. The molecule has 2 aliphatic heterocycles. The molecule has 2 amide bonds. The first-order valence-corrected chi connectivity index (χ1v) is 11.2. The van der Waals surface area contributed by atoms with Gasteiger partial charge in [0.2, 0.25) is 5.91 Å². The van der Waals surface area contributed by atoms with Gasteiger partial charge in [0, 0.05) is 31.5 Å². The predicted molar refractivity (Wildman–Crippen MR) is 125 cm³/mol. The van der Waals surface area contributed by atoms with Gasteiger partial charge in [-0.25, -0.2) is 0 Å². The van der Waals surface area contributed by atoms with Gasteiger partial charge in [0.15, 0.2) is 0 Å². The molecule has 2 saturated heterocycles. The minimum absolute atomic E-state index is 0.0459. The molecule has 2 heterocycles. The van der Waals surface area contributed by atoms with E-state index >= 15 is 0 Å². The zero-order chi connectivity index (χ0) is 22.0. The molecule has 3 aromatic carbocycles. The molecular formula is C27H27N3O2. The third-order valence-corrected chi connectivity index (χ3v) is 6.56. The van der Waals surface area contributed by atoms with Gasteiger partial charge in [-0.2, -0.15) is 0 Å². The van der Waals surface area contributed by atoms with E-state index in [4.69, 9.17) is 0 Å². The van der Waals surface area contributed by atoms with E-state index in [9.17, 15) is 9.59 Å². The Hall–Kier alpha value is -3.44. The first-order chi connectivity index (χ1) is 15.6. The number of amides is 2. The fraction of sp³-hybridized carbons (Fsp3) is 0.259. The second kappa shape index (κ2) is 8.60. The quantitative estimate of drug-likeness (QED) is 0.671. The minimum atomic E-state index is -0.412. The number of likely N-dealkylation sites (tertiary alicyclic amines) is 1. The van der Waals surface area contributed by atoms with E-state index in [-0.39, 0.29) is 17.9 Å². The molecular weight excluding hydrogens is 398 g/mol. The summed E-state index contributed by atoms with van der Waals surface area (Å²) in [5.74, 6) is 0.0924. The van der Waals surface area contributed by atoms with Crippen LogP contribution in [-0.2, 0) is 11.2 Å². The van der Waals surface area contributed by atoms with Gasteiger partial charge >= 0.3 is 0 Å². The molecule has 5 nitrogen and oxygen atoms in total. The fourth-order valence-electron chi connectivity index (χ4n) is 4.73. The molecule has 162 valence electrons. The average molecular weight is 426 g/mol. The average Bonchev–Trinajstić information content (AvgIpc) is 3.14. The first-order valence-electron chi connectivity index (χ1n) is 11.2. The summed E-state index contributed by atoms with van der Waals surface area (Å²) in [6.45, 7) is 1.23. The van der Waals surface area contributed by atoms with Crippen molar-refractivity contribution in [3.8, 4) is 11.1 Å². The highest BCUT2D eigenvalue weighted by Gasteiger charge is 2.45. The van der Waals surface area contributed by atoms with Crippen LogP contribution in [0.5, 0.6) is 0 Å². The third kappa shape index (κ3) is 4.16. The van der Waals surface area contributed by atoms with Gasteiger partial charge in [-0.3, -0.25) is 14.9 Å². The highest BCUT2D eigenvalue weighted by molar-refractivity contribution is 5.95. The van der Waals surface area contributed by atoms with E-state index in [1.54, 1.807) is 0 Å². The minimum Gasteiger partial charge on any atom is -0.338 e. The lowest BCUT2D eigenvalue weighted by atomic mass is 9.96. The number of hydrogen-bond acceptors (Lipinski definition) is 3. The van der Waals surface area contributed by atoms with Crippen LogP contribution in [0.4, 0.5) is 0 Å². The van der Waals surface area contributed by atoms with Gasteiger partial charge in [-0.15, -0.1) is 0 Å². The Morgan fingerprint density at radius 1 is 0.844 bits per heavy atom. The Morgan fingerprint density at radius 3 is 2.09 bits per heavy atom. The van der Waals surface area contributed by atoms with Crippen molar-refractivity contribution in [1.29, 1.82) is 0 Å². The summed E-state index contributed by atoms with van der Waals surface area (Å²) in [5, 5.41) is 6.71. The van der Waals surface area contributed by atoms with Crippen LogP contribution >= 0.6 is 0 Å². The van der Waals surface area contributed by atoms with E-state index in [1.807, 2.05) is 77.7 Å². The number of nitrogens with zero attached hydrogens (tertiary/aromatic N) is 1. The fourth-order valence-corrected chi connectivity index (χ4v) is 4.73. The molecule has 3 aromatic rings. The molecule has 2 N–H and O–H groups in total. The van der Waals surface area contributed by atoms with Crippen LogP contribution in [0.1, 0.15) is 28.8 Å². The number of piperidine rings is 1. The number of rotatable bonds is 4. The molecule has 0 radical (unpaired) electrons. The van der Waals surface area contributed by atoms with Crippen LogP contribution < -0.4 is 10.6 Å². The summed E-state index contributed by atoms with van der Waals surface area (Å²) in [7, 11) is 0. The van der Waals surface area contributed by atoms with Gasteiger partial charge in [0.05, 0.1) is 11.7 Å². The standard InChI is InChI=1S/C27H27N3O2/c31-25-24(19-20-7-3-1-4-8-20)28-27(29-25)15-17-30(18-16-27)26(32)23-13-11-22(12-14-23)21-9-5-2-6-10-21/h1-14,24,28H,15-19H2,(H,29,31). The van der Waals surface area contributed by atoms with Crippen LogP contribution in [0.3, 0.4) is 0 Å². The highest BCUT2D eigenvalue weighted by atomic mass is 16.2. The van der Waals surface area contributed by atoms with Gasteiger partial charge in [-0.1, -0.05) is 72.8 Å². The molecule has 1 atom stereocenters. The molecule has 1 spiro atoms. The molecule has 32 heavy (non-hydrogen) atoms. The summed E-state index contributed by atoms with van der Waals surface area (Å²) >= 11 is 0. The Bertz CT molecular complexity index is 1090. The predicted octanol–water partition coefficient (Wildman–Crippen LogP) is 3.62. The lowest BCUT2D eigenvalue weighted by Crippen LogP contribution is -2.58. The largest absolute Gasteiger partial charge is 0.338 e. The number of carbonyl (C=O) groups is 2. The van der Waals surface area contributed by atoms with E-state index in [2.05, 4.69) is 22.8 Å². The maximum atomic E-state index is 13.0. The molecule has 0 aromatic heterocycles. The topological polar surface area (TPSA) is 61.4 Å². The summed E-state index contributed by atoms with van der Waals surface area (Å²) in [4.78, 5) is 27.5. The van der Waals surface area contributed by atoms with Crippen molar-refractivity contribution >= 4 is 11.8 Å². The molecule has 1 unspecified atom stereocenters. The van der Waals surface area contributed by atoms with Crippen molar-refractivity contribution in [2.24, 2.45) is 0 Å². The maximum absolute atomic E-state index is 13.0. The van der Waals surface area contributed by atoms with Crippen LogP contribution in [0.25, 0.3) is 11.1 Å². The van der Waals surface area contributed by atoms with E-state index in [0.717, 1.165) is 16.7 Å². The van der Waals surface area contributed by atoms with E-state index < -0.39 is 5.66 Å². The van der Waals surface area contributed by atoms with Crippen molar-refractivity contribution < 1.29 is 9.59 Å². The van der Waals surface area contributed by atoms with Crippen molar-refractivity contribution in [2.45, 2.75) is 31.0 Å². The smallest absolute Gasteiger partial charge is 0.253 e. The number of carbonyl (C=O) groups excluding carboxylic acids is 2. The zero-order valence-corrected chi connectivity index (χ0v) is 18.0. The molecule has 0 bridgehead atoms. The normalized spacial score (nSPS) is 19.7. The Labute approximate surface area is 188 Å². The van der Waals surface area contributed by atoms with E-state index in [1.165, 1.54) is 0 Å². The second-order valence-electron chi connectivity index (χ2n) is 8.69. The highest BCUT2D eigenvalue weighted by Crippen LogP contribution is 2.27. The third-order valence-electron chi connectivity index (χ3n) is 6.56. The number of benzene rings is 3. The van der Waals surface area contributed by atoms with Crippen LogP contribution in [0, 0.1) is 0 Å². The van der Waals surface area contributed by atoms with Crippen molar-refractivity contribution in [3.05, 3.63) is 96.1 Å². The lowest BCUT2D eigenvalue weighted by molar-refractivity contribution is -0.121. The Morgan fingerprint density at radius 2 is 1.44 bits per heavy atom. The zero-order valence-electron chi connectivity index (χ0n) is 18.0. The van der Waals surface area contributed by atoms with Crippen molar-refractivity contribution in [1.82, 2.24) is 15.5 Å². The number of hydrogen-bond donors (Lipinski definition) is 2. The van der Waals surface area contributed by atoms with E-state index in [0.29, 0.717) is 37.9 Å². The van der Waals surface area contributed by atoms with Gasteiger partial charge in [0.25, 0.3) is 5.91 Å². The SMILES string of the molecule is O=C1NC2(CCN(C(=O)c3ccc(-c4ccccc4)cc3)CC2)NC1Cc1ccccc1. The molecule has 2 fully saturated rings. The van der Waals surface area contributed by atoms with Gasteiger partial charge in [-0.05, 0) is 35.2 Å². The van der Waals surface area contributed by atoms with Crippen molar-refractivity contribution in [3.63, 3.8) is 0 Å². The van der Waals surface area contributed by atoms with Crippen LogP contribution in [-0.4, -0.2) is 41.5 Å². The molecule has 5 heteroatoms. The Kier molecular flexibility index (Phi) is 5.50. The maximum Gasteiger partial charge on any atom is 0.253 e. The summed E-state index contributed by atoms with van der Waals surface area (Å²) < 4.78 is 0. The van der Waals surface area contributed by atoms with Crippen LogP contribution in [0.15, 0.2) is 84.9 Å². The molecule has 2 aliphatic rings. The van der Waals surface area contributed by atoms with Crippen LogP contribution in [0.2, 0.25) is 0 Å². The van der Waals surface area contributed by atoms with Crippen molar-refractivity contribution in [2.75, 3.05) is 13.1 Å². The summed E-state index contributed by atoms with van der Waals surface area (Å²) in [6.07, 6.45) is 2.08. The van der Waals surface area contributed by atoms with Gasteiger partial charge < -0.3 is 10.2 Å².